The van der Waals surface area contributed by atoms with Crippen molar-refractivity contribution >= 4 is 23.6 Å². The first-order chi connectivity index (χ1) is 14.0. The van der Waals surface area contributed by atoms with Crippen LogP contribution in [0.4, 0.5) is 0 Å². The zero-order valence-corrected chi connectivity index (χ0v) is 16.1. The van der Waals surface area contributed by atoms with Gasteiger partial charge in [0.25, 0.3) is 11.8 Å². The molecule has 8 heteroatoms. The van der Waals surface area contributed by atoms with Crippen molar-refractivity contribution in [2.75, 3.05) is 26.2 Å². The van der Waals surface area contributed by atoms with Crippen molar-refractivity contribution in [3.63, 3.8) is 0 Å². The number of likely N-dealkylation sites (tertiary alicyclic amines) is 1. The molecule has 0 bridgehead atoms. The summed E-state index contributed by atoms with van der Waals surface area (Å²) in [5.74, 6) is -0.310. The fraction of sp³-hybridized carbons (Fsp3) is 0.524. The van der Waals surface area contributed by atoms with Crippen LogP contribution < -0.4 is 10.6 Å². The highest BCUT2D eigenvalue weighted by Crippen LogP contribution is 2.32. The van der Waals surface area contributed by atoms with E-state index in [-0.39, 0.29) is 18.7 Å². The molecule has 0 radical (unpaired) electrons. The number of carbonyl (C=O) groups excluding carboxylic acids is 4. The Kier molecular flexibility index (Phi) is 4.48. The summed E-state index contributed by atoms with van der Waals surface area (Å²) in [6.07, 6.45) is 1.55. The SMILES string of the molecule is O=C1CCC(N2C(=O)c3cccc(CN4CC(CC5CNC5)C4)c3C2=O)C(=O)N1. The Morgan fingerprint density at radius 3 is 2.48 bits per heavy atom. The molecule has 4 heterocycles. The van der Waals surface area contributed by atoms with E-state index in [9.17, 15) is 19.2 Å². The van der Waals surface area contributed by atoms with Crippen molar-refractivity contribution in [2.45, 2.75) is 31.8 Å². The fourth-order valence-electron chi connectivity index (χ4n) is 4.90. The first kappa shape index (κ1) is 18.4. The Balaban J connectivity index is 1.30. The molecule has 152 valence electrons. The van der Waals surface area contributed by atoms with Crippen molar-refractivity contribution in [2.24, 2.45) is 11.8 Å². The Bertz CT molecular complexity index is 904. The van der Waals surface area contributed by atoms with Crippen LogP contribution >= 0.6 is 0 Å². The minimum Gasteiger partial charge on any atom is -0.316 e. The van der Waals surface area contributed by atoms with Crippen LogP contribution in [0.25, 0.3) is 0 Å². The van der Waals surface area contributed by atoms with E-state index in [2.05, 4.69) is 15.5 Å². The third kappa shape index (κ3) is 3.16. The Labute approximate surface area is 168 Å². The van der Waals surface area contributed by atoms with Crippen LogP contribution in [0.1, 0.15) is 45.5 Å². The number of rotatable bonds is 5. The lowest BCUT2D eigenvalue weighted by atomic mass is 9.85. The van der Waals surface area contributed by atoms with E-state index in [0.29, 0.717) is 23.6 Å². The lowest BCUT2D eigenvalue weighted by molar-refractivity contribution is -0.136. The van der Waals surface area contributed by atoms with Gasteiger partial charge in [0, 0.05) is 26.1 Å². The Hall–Kier alpha value is -2.58. The second-order valence-corrected chi connectivity index (χ2v) is 8.61. The van der Waals surface area contributed by atoms with Gasteiger partial charge in [0.1, 0.15) is 6.04 Å². The molecular weight excluding hydrogens is 372 g/mol. The van der Waals surface area contributed by atoms with Crippen LogP contribution in [0.3, 0.4) is 0 Å². The molecule has 1 atom stereocenters. The standard InChI is InChI=1S/C21H24N4O4/c26-17-5-4-16(19(27)23-17)25-20(28)15-3-1-2-14(18(15)21(25)29)11-24-9-13(10-24)6-12-7-22-8-12/h1-3,12-13,16,22H,4-11H2,(H,23,26,27). The minimum atomic E-state index is -0.919. The number of imide groups is 2. The van der Waals surface area contributed by atoms with Crippen molar-refractivity contribution in [1.82, 2.24) is 20.4 Å². The van der Waals surface area contributed by atoms with Gasteiger partial charge >= 0.3 is 0 Å². The molecule has 4 aliphatic heterocycles. The predicted molar refractivity (Wildman–Crippen MR) is 103 cm³/mol. The average Bonchev–Trinajstić information content (AvgIpc) is 2.87. The first-order valence-corrected chi connectivity index (χ1v) is 10.3. The van der Waals surface area contributed by atoms with Crippen LogP contribution in [-0.2, 0) is 16.1 Å². The van der Waals surface area contributed by atoms with Crippen molar-refractivity contribution in [3.8, 4) is 0 Å². The zero-order chi connectivity index (χ0) is 20.1. The number of carbonyl (C=O) groups is 4. The van der Waals surface area contributed by atoms with Crippen LogP contribution in [0.15, 0.2) is 18.2 Å². The van der Waals surface area contributed by atoms with Gasteiger partial charge in [-0.1, -0.05) is 12.1 Å². The van der Waals surface area contributed by atoms with E-state index >= 15 is 0 Å². The van der Waals surface area contributed by atoms with Gasteiger partial charge in [-0.2, -0.15) is 0 Å². The van der Waals surface area contributed by atoms with E-state index in [1.54, 1.807) is 12.1 Å². The number of piperidine rings is 1. The van der Waals surface area contributed by atoms with Gasteiger partial charge in [0.05, 0.1) is 11.1 Å². The normalized spacial score (nSPS) is 25.7. The van der Waals surface area contributed by atoms with Crippen molar-refractivity contribution in [1.29, 1.82) is 0 Å². The van der Waals surface area contributed by atoms with Gasteiger partial charge in [-0.15, -0.1) is 0 Å². The summed E-state index contributed by atoms with van der Waals surface area (Å²) in [7, 11) is 0. The van der Waals surface area contributed by atoms with Crippen LogP contribution in [0.5, 0.6) is 0 Å². The molecule has 5 rings (SSSR count). The first-order valence-electron chi connectivity index (χ1n) is 10.3. The molecule has 0 saturated carbocycles. The Morgan fingerprint density at radius 2 is 1.79 bits per heavy atom. The highest BCUT2D eigenvalue weighted by molar-refractivity contribution is 6.24. The number of benzene rings is 1. The summed E-state index contributed by atoms with van der Waals surface area (Å²) in [4.78, 5) is 53.0. The number of amides is 4. The molecule has 3 saturated heterocycles. The van der Waals surface area contributed by atoms with Gasteiger partial charge < -0.3 is 5.32 Å². The van der Waals surface area contributed by atoms with Gasteiger partial charge in [-0.3, -0.25) is 34.3 Å². The molecule has 8 nitrogen and oxygen atoms in total. The predicted octanol–water partition coefficient (Wildman–Crippen LogP) is 0.129. The van der Waals surface area contributed by atoms with Gasteiger partial charge in [0.2, 0.25) is 11.8 Å². The summed E-state index contributed by atoms with van der Waals surface area (Å²) < 4.78 is 0. The molecule has 4 amide bonds. The molecular formula is C21H24N4O4. The summed E-state index contributed by atoms with van der Waals surface area (Å²) in [5.41, 5.74) is 1.60. The lowest BCUT2D eigenvalue weighted by Gasteiger charge is -2.42. The lowest BCUT2D eigenvalue weighted by Crippen LogP contribution is -2.54. The summed E-state index contributed by atoms with van der Waals surface area (Å²) in [6.45, 7) is 4.90. The van der Waals surface area contributed by atoms with Crippen LogP contribution in [0.2, 0.25) is 0 Å². The maximum absolute atomic E-state index is 13.1. The summed E-state index contributed by atoms with van der Waals surface area (Å²) >= 11 is 0. The average molecular weight is 396 g/mol. The molecule has 2 N–H and O–H groups in total. The van der Waals surface area contributed by atoms with Crippen LogP contribution in [0, 0.1) is 11.8 Å². The highest BCUT2D eigenvalue weighted by Gasteiger charge is 2.45. The minimum absolute atomic E-state index is 0.127. The van der Waals surface area contributed by atoms with E-state index in [1.165, 1.54) is 6.42 Å². The smallest absolute Gasteiger partial charge is 0.262 e. The molecule has 1 aromatic carbocycles. The molecule has 0 aliphatic carbocycles. The maximum Gasteiger partial charge on any atom is 0.262 e. The number of nitrogens with one attached hydrogen (secondary N) is 2. The molecule has 29 heavy (non-hydrogen) atoms. The number of hydrogen-bond donors (Lipinski definition) is 2. The van der Waals surface area contributed by atoms with Crippen molar-refractivity contribution < 1.29 is 19.2 Å². The van der Waals surface area contributed by atoms with E-state index in [4.69, 9.17) is 0 Å². The summed E-state index contributed by atoms with van der Waals surface area (Å²) in [6, 6.07) is 4.41. The monoisotopic (exact) mass is 396 g/mol. The second-order valence-electron chi connectivity index (χ2n) is 8.61. The van der Waals surface area contributed by atoms with E-state index in [0.717, 1.165) is 42.6 Å². The number of hydrogen-bond acceptors (Lipinski definition) is 6. The molecule has 1 unspecified atom stereocenters. The second kappa shape index (κ2) is 7.03. The molecule has 1 aromatic rings. The van der Waals surface area contributed by atoms with Gasteiger partial charge in [0.15, 0.2) is 0 Å². The van der Waals surface area contributed by atoms with Crippen LogP contribution in [-0.4, -0.2) is 65.6 Å². The van der Waals surface area contributed by atoms with E-state index in [1.807, 2.05) is 6.07 Å². The maximum atomic E-state index is 13.1. The quantitative estimate of drug-likeness (QED) is 0.687. The molecule has 0 spiro atoms. The van der Waals surface area contributed by atoms with Crippen molar-refractivity contribution in [3.05, 3.63) is 34.9 Å². The molecule has 4 aliphatic rings. The van der Waals surface area contributed by atoms with Gasteiger partial charge in [-0.05, 0) is 49.4 Å². The highest BCUT2D eigenvalue weighted by atomic mass is 16.2. The number of nitrogens with zero attached hydrogens (tertiary/aromatic N) is 2. The third-order valence-electron chi connectivity index (χ3n) is 6.51. The zero-order valence-electron chi connectivity index (χ0n) is 16.1. The fourth-order valence-corrected chi connectivity index (χ4v) is 4.90. The summed E-state index contributed by atoms with van der Waals surface area (Å²) in [5, 5.41) is 5.54. The third-order valence-corrected chi connectivity index (χ3v) is 6.51. The topological polar surface area (TPSA) is 98.8 Å². The Morgan fingerprint density at radius 1 is 1.00 bits per heavy atom. The van der Waals surface area contributed by atoms with E-state index < -0.39 is 23.8 Å². The largest absolute Gasteiger partial charge is 0.316 e. The molecule has 3 fully saturated rings. The number of fused-ring (bicyclic) bond motifs is 1. The molecule has 0 aromatic heterocycles. The van der Waals surface area contributed by atoms with Gasteiger partial charge in [-0.25, -0.2) is 0 Å².